The molecule has 26 heavy (non-hydrogen) atoms. The number of rotatable bonds is 6. The first-order valence-electron chi connectivity index (χ1n) is 8.66. The van der Waals surface area contributed by atoms with Gasteiger partial charge in [0.1, 0.15) is 5.56 Å². The Labute approximate surface area is 156 Å². The largest absolute Gasteiger partial charge is 0.365 e. The van der Waals surface area contributed by atoms with Gasteiger partial charge in [0.2, 0.25) is 0 Å². The van der Waals surface area contributed by atoms with Crippen molar-refractivity contribution >= 4 is 23.2 Å². The Morgan fingerprint density at radius 3 is 2.88 bits per heavy atom. The Morgan fingerprint density at radius 2 is 2.19 bits per heavy atom. The topological polar surface area (TPSA) is 85.3 Å². The average molecular weight is 370 g/mol. The van der Waals surface area contributed by atoms with Crippen LogP contribution in [0.3, 0.4) is 0 Å². The molecule has 7 heteroatoms. The highest BCUT2D eigenvalue weighted by Crippen LogP contribution is 2.43. The molecule has 3 N–H and O–H groups in total. The number of nitrogens with two attached hydrogens (primary N) is 1. The summed E-state index contributed by atoms with van der Waals surface area (Å²) in [6.45, 7) is 1.56. The minimum Gasteiger partial charge on any atom is -0.365 e. The van der Waals surface area contributed by atoms with Gasteiger partial charge in [-0.1, -0.05) is 30.2 Å². The number of halogens is 1. The number of nitrogens with zero attached hydrogens (tertiary/aromatic N) is 3. The van der Waals surface area contributed by atoms with Crippen LogP contribution >= 0.6 is 11.6 Å². The third kappa shape index (κ3) is 3.06. The highest BCUT2D eigenvalue weighted by Gasteiger charge is 2.38. The number of benzene rings is 1. The van der Waals surface area contributed by atoms with Gasteiger partial charge in [0.05, 0.1) is 6.20 Å². The summed E-state index contributed by atoms with van der Waals surface area (Å²) in [5, 5.41) is 8.48. The van der Waals surface area contributed by atoms with Crippen LogP contribution in [0.1, 0.15) is 40.7 Å². The summed E-state index contributed by atoms with van der Waals surface area (Å²) in [6.07, 6.45) is 8.64. The maximum absolute atomic E-state index is 11.3. The number of primary amides is 1. The Hall–Kier alpha value is -2.44. The number of hydrogen-bond donors (Lipinski definition) is 2. The number of hydrogen-bond acceptors (Lipinski definition) is 4. The van der Waals surface area contributed by atoms with Crippen LogP contribution in [-0.4, -0.2) is 27.0 Å². The van der Waals surface area contributed by atoms with Gasteiger partial charge in [-0.2, -0.15) is 5.10 Å². The summed E-state index contributed by atoms with van der Waals surface area (Å²) in [4.78, 5) is 15.7. The van der Waals surface area contributed by atoms with Gasteiger partial charge < -0.3 is 11.1 Å². The van der Waals surface area contributed by atoms with E-state index in [0.717, 1.165) is 17.1 Å². The molecular weight excluding hydrogens is 350 g/mol. The second kappa shape index (κ2) is 6.70. The van der Waals surface area contributed by atoms with Gasteiger partial charge in [0.25, 0.3) is 5.91 Å². The maximum atomic E-state index is 11.3. The molecule has 0 saturated heterocycles. The van der Waals surface area contributed by atoms with E-state index in [1.54, 1.807) is 10.7 Å². The van der Waals surface area contributed by atoms with Crippen LogP contribution in [0.5, 0.6) is 0 Å². The average Bonchev–Trinajstić information content (AvgIpc) is 3.00. The molecule has 0 spiro atoms. The van der Waals surface area contributed by atoms with Crippen LogP contribution in [0.2, 0.25) is 5.02 Å². The minimum atomic E-state index is -0.521. The molecule has 1 aromatic carbocycles. The van der Waals surface area contributed by atoms with E-state index in [1.165, 1.54) is 31.0 Å². The van der Waals surface area contributed by atoms with Crippen molar-refractivity contribution in [2.24, 2.45) is 5.73 Å². The molecule has 134 valence electrons. The summed E-state index contributed by atoms with van der Waals surface area (Å²) in [6, 6.07) is 8.17. The second-order valence-electron chi connectivity index (χ2n) is 6.90. The van der Waals surface area contributed by atoms with Crippen LogP contribution in [-0.2, 0) is 12.0 Å². The standard InChI is InChI=1S/C19H20ClN5O/c20-15-4-1-3-14(7-15)19(5-2-6-19)12-22-8-13-9-23-18-16(17(21)26)10-24-25(18)11-13/h1,3-4,7,9-11,22H,2,5-6,8,12H2,(H2,21,26). The molecule has 2 heterocycles. The molecule has 1 fully saturated rings. The minimum absolute atomic E-state index is 0.160. The van der Waals surface area contributed by atoms with Crippen LogP contribution in [0.15, 0.2) is 42.9 Å². The fraction of sp³-hybridized carbons (Fsp3) is 0.316. The normalized spacial score (nSPS) is 15.7. The van der Waals surface area contributed by atoms with Gasteiger partial charge >= 0.3 is 0 Å². The highest BCUT2D eigenvalue weighted by molar-refractivity contribution is 6.30. The molecule has 0 radical (unpaired) electrons. The molecule has 3 aromatic rings. The summed E-state index contributed by atoms with van der Waals surface area (Å²) < 4.78 is 1.59. The Kier molecular flexibility index (Phi) is 4.38. The van der Waals surface area contributed by atoms with E-state index in [4.69, 9.17) is 17.3 Å². The number of fused-ring (bicyclic) bond motifs is 1. The predicted molar refractivity (Wildman–Crippen MR) is 100 cm³/mol. The molecule has 2 aromatic heterocycles. The molecule has 0 aliphatic heterocycles. The van der Waals surface area contributed by atoms with Crippen molar-refractivity contribution in [1.29, 1.82) is 0 Å². The van der Waals surface area contributed by atoms with Gasteiger partial charge in [0, 0.05) is 41.5 Å². The molecular formula is C19H20ClN5O. The van der Waals surface area contributed by atoms with Crippen LogP contribution in [0.4, 0.5) is 0 Å². The van der Waals surface area contributed by atoms with Crippen molar-refractivity contribution in [3.8, 4) is 0 Å². The fourth-order valence-electron chi connectivity index (χ4n) is 3.61. The molecule has 6 nitrogen and oxygen atoms in total. The van der Waals surface area contributed by atoms with Gasteiger partial charge in [-0.3, -0.25) is 4.79 Å². The molecule has 1 amide bonds. The lowest BCUT2D eigenvalue weighted by Gasteiger charge is -2.43. The monoisotopic (exact) mass is 369 g/mol. The Balaban J connectivity index is 1.45. The molecule has 0 unspecified atom stereocenters. The predicted octanol–water partition coefficient (Wildman–Crippen LogP) is 2.69. The summed E-state index contributed by atoms with van der Waals surface area (Å²) in [7, 11) is 0. The molecule has 0 bridgehead atoms. The van der Waals surface area contributed by atoms with E-state index >= 15 is 0 Å². The van der Waals surface area contributed by atoms with Crippen LogP contribution < -0.4 is 11.1 Å². The van der Waals surface area contributed by atoms with Crippen molar-refractivity contribution < 1.29 is 4.79 Å². The van der Waals surface area contributed by atoms with Crippen molar-refractivity contribution in [3.05, 3.63) is 64.6 Å². The third-order valence-electron chi connectivity index (χ3n) is 5.22. The van der Waals surface area contributed by atoms with E-state index in [-0.39, 0.29) is 5.41 Å². The van der Waals surface area contributed by atoms with E-state index < -0.39 is 5.91 Å². The zero-order valence-corrected chi connectivity index (χ0v) is 15.0. The van der Waals surface area contributed by atoms with E-state index in [1.807, 2.05) is 18.3 Å². The van der Waals surface area contributed by atoms with Gasteiger partial charge in [-0.05, 0) is 30.5 Å². The van der Waals surface area contributed by atoms with Crippen molar-refractivity contribution in [2.45, 2.75) is 31.2 Å². The fourth-order valence-corrected chi connectivity index (χ4v) is 3.80. The maximum Gasteiger partial charge on any atom is 0.254 e. The summed E-state index contributed by atoms with van der Waals surface area (Å²) in [5.74, 6) is -0.521. The number of nitrogens with one attached hydrogen (secondary N) is 1. The SMILES string of the molecule is NC(=O)c1cnn2cc(CNCC3(c4cccc(Cl)c4)CCC3)cnc12. The van der Waals surface area contributed by atoms with E-state index in [0.29, 0.717) is 17.8 Å². The molecule has 0 atom stereocenters. The van der Waals surface area contributed by atoms with E-state index in [2.05, 4.69) is 27.5 Å². The molecule has 1 aliphatic carbocycles. The van der Waals surface area contributed by atoms with E-state index in [9.17, 15) is 4.79 Å². The summed E-state index contributed by atoms with van der Waals surface area (Å²) >= 11 is 6.17. The lowest BCUT2D eigenvalue weighted by atomic mass is 9.64. The number of carbonyl (C=O) groups is 1. The molecule has 1 saturated carbocycles. The highest BCUT2D eigenvalue weighted by atomic mass is 35.5. The molecule has 4 rings (SSSR count). The van der Waals surface area contributed by atoms with Crippen LogP contribution in [0.25, 0.3) is 5.65 Å². The Morgan fingerprint density at radius 1 is 1.35 bits per heavy atom. The second-order valence-corrected chi connectivity index (χ2v) is 7.34. The van der Waals surface area contributed by atoms with Gasteiger partial charge in [0.15, 0.2) is 5.65 Å². The number of aromatic nitrogens is 3. The zero-order valence-electron chi connectivity index (χ0n) is 14.3. The smallest absolute Gasteiger partial charge is 0.254 e. The Bertz CT molecular complexity index is 963. The lowest BCUT2D eigenvalue weighted by Crippen LogP contribution is -2.43. The summed E-state index contributed by atoms with van der Waals surface area (Å²) in [5.41, 5.74) is 8.60. The van der Waals surface area contributed by atoms with Crippen LogP contribution in [0, 0.1) is 0 Å². The van der Waals surface area contributed by atoms with Crippen molar-refractivity contribution in [1.82, 2.24) is 19.9 Å². The first-order valence-corrected chi connectivity index (χ1v) is 9.04. The number of carbonyl (C=O) groups excluding carboxylic acids is 1. The van der Waals surface area contributed by atoms with Gasteiger partial charge in [-0.15, -0.1) is 0 Å². The van der Waals surface area contributed by atoms with Crippen molar-refractivity contribution in [2.75, 3.05) is 6.54 Å². The quantitative estimate of drug-likeness (QED) is 0.699. The first-order chi connectivity index (χ1) is 12.6. The third-order valence-corrected chi connectivity index (χ3v) is 5.45. The number of amides is 1. The van der Waals surface area contributed by atoms with Crippen molar-refractivity contribution in [3.63, 3.8) is 0 Å². The van der Waals surface area contributed by atoms with Gasteiger partial charge in [-0.25, -0.2) is 9.50 Å². The first kappa shape index (κ1) is 17.0. The molecule has 1 aliphatic rings. The zero-order chi connectivity index (χ0) is 18.1. The lowest BCUT2D eigenvalue weighted by molar-refractivity contribution is 0.100.